The first-order valence-electron chi connectivity index (χ1n) is 5.46. The molecular weight excluding hydrogens is 256 g/mol. The fourth-order valence-corrected chi connectivity index (χ4v) is 1.42. The number of rotatable bonds is 5. The molecule has 100 valence electrons. The molecule has 2 amide bonds. The fraction of sp³-hybridized carbons (Fsp3) is 0.417. The van der Waals surface area contributed by atoms with Crippen LogP contribution in [0, 0.1) is 0 Å². The van der Waals surface area contributed by atoms with Crippen LogP contribution in [0.5, 0.6) is 11.5 Å². The van der Waals surface area contributed by atoms with E-state index in [-0.39, 0.29) is 12.1 Å². The van der Waals surface area contributed by atoms with Gasteiger partial charge >= 0.3 is 6.03 Å². The number of urea groups is 1. The first-order valence-corrected chi connectivity index (χ1v) is 5.99. The Hall–Kier alpha value is -1.62. The number of carbonyl (C=O) groups excluding carboxylic acids is 1. The van der Waals surface area contributed by atoms with Crippen LogP contribution in [0.15, 0.2) is 18.2 Å². The second-order valence-corrected chi connectivity index (χ2v) is 4.03. The van der Waals surface area contributed by atoms with Crippen LogP contribution in [0.4, 0.5) is 10.5 Å². The molecule has 18 heavy (non-hydrogen) atoms. The summed E-state index contributed by atoms with van der Waals surface area (Å²) in [5.41, 5.74) is 0.618. The van der Waals surface area contributed by atoms with Gasteiger partial charge in [0.25, 0.3) is 0 Å². The summed E-state index contributed by atoms with van der Waals surface area (Å²) in [6.45, 7) is 1.82. The fourth-order valence-electron chi connectivity index (χ4n) is 1.34. The minimum Gasteiger partial charge on any atom is -0.493 e. The summed E-state index contributed by atoms with van der Waals surface area (Å²) in [7, 11) is 3.09. The zero-order valence-corrected chi connectivity index (χ0v) is 11.4. The lowest BCUT2D eigenvalue weighted by Gasteiger charge is -2.13. The number of alkyl halides is 1. The molecule has 1 aromatic carbocycles. The average Bonchev–Trinajstić information content (AvgIpc) is 2.38. The van der Waals surface area contributed by atoms with Gasteiger partial charge in [-0.25, -0.2) is 4.79 Å². The van der Waals surface area contributed by atoms with E-state index in [9.17, 15) is 4.79 Å². The number of ether oxygens (including phenoxy) is 2. The maximum absolute atomic E-state index is 11.6. The Bertz CT molecular complexity index is 412. The Kier molecular flexibility index (Phi) is 5.58. The van der Waals surface area contributed by atoms with Crippen molar-refractivity contribution in [1.29, 1.82) is 0 Å². The van der Waals surface area contributed by atoms with Gasteiger partial charge in [-0.3, -0.25) is 0 Å². The lowest BCUT2D eigenvalue weighted by molar-refractivity contribution is 0.250. The second-order valence-electron chi connectivity index (χ2n) is 3.72. The van der Waals surface area contributed by atoms with Crippen LogP contribution < -0.4 is 20.1 Å². The molecule has 0 unspecified atom stereocenters. The molecule has 0 heterocycles. The van der Waals surface area contributed by atoms with E-state index in [0.29, 0.717) is 23.1 Å². The predicted molar refractivity (Wildman–Crippen MR) is 71.9 cm³/mol. The summed E-state index contributed by atoms with van der Waals surface area (Å²) in [5.74, 6) is 1.53. The number of halogens is 1. The van der Waals surface area contributed by atoms with Crippen molar-refractivity contribution in [2.45, 2.75) is 13.0 Å². The summed E-state index contributed by atoms with van der Waals surface area (Å²) in [6, 6.07) is 4.73. The van der Waals surface area contributed by atoms with Gasteiger partial charge in [-0.05, 0) is 19.1 Å². The molecule has 0 aliphatic carbocycles. The average molecular weight is 273 g/mol. The van der Waals surface area contributed by atoms with E-state index >= 15 is 0 Å². The van der Waals surface area contributed by atoms with E-state index in [1.165, 1.54) is 7.11 Å². The second kappa shape index (κ2) is 6.96. The van der Waals surface area contributed by atoms with Crippen LogP contribution in [-0.2, 0) is 0 Å². The van der Waals surface area contributed by atoms with Crippen LogP contribution in [0.2, 0.25) is 0 Å². The molecule has 1 aromatic rings. The third kappa shape index (κ3) is 4.00. The highest BCUT2D eigenvalue weighted by Crippen LogP contribution is 2.29. The van der Waals surface area contributed by atoms with E-state index < -0.39 is 0 Å². The van der Waals surface area contributed by atoms with Gasteiger partial charge in [0.2, 0.25) is 0 Å². The number of amides is 2. The largest absolute Gasteiger partial charge is 0.493 e. The third-order valence-corrected chi connectivity index (χ3v) is 2.71. The normalized spacial score (nSPS) is 11.6. The Balaban J connectivity index is 2.70. The van der Waals surface area contributed by atoms with Crippen molar-refractivity contribution < 1.29 is 14.3 Å². The first-order chi connectivity index (χ1) is 8.60. The van der Waals surface area contributed by atoms with Crippen LogP contribution in [0.3, 0.4) is 0 Å². The van der Waals surface area contributed by atoms with Gasteiger partial charge in [0, 0.05) is 23.7 Å². The molecule has 1 rings (SSSR count). The summed E-state index contributed by atoms with van der Waals surface area (Å²) in [5, 5.41) is 5.38. The summed E-state index contributed by atoms with van der Waals surface area (Å²) < 4.78 is 10.3. The van der Waals surface area contributed by atoms with Crippen molar-refractivity contribution in [3.63, 3.8) is 0 Å². The Morgan fingerprint density at radius 3 is 2.56 bits per heavy atom. The molecule has 1 atom stereocenters. The minimum atomic E-state index is -0.310. The number of hydrogen-bond donors (Lipinski definition) is 2. The molecule has 0 fully saturated rings. The molecule has 0 saturated carbocycles. The highest BCUT2D eigenvalue weighted by Gasteiger charge is 2.08. The molecule has 5 nitrogen and oxygen atoms in total. The zero-order valence-electron chi connectivity index (χ0n) is 10.6. The smallest absolute Gasteiger partial charge is 0.319 e. The van der Waals surface area contributed by atoms with Crippen molar-refractivity contribution in [3.8, 4) is 11.5 Å². The lowest BCUT2D eigenvalue weighted by Crippen LogP contribution is -2.37. The van der Waals surface area contributed by atoms with Gasteiger partial charge < -0.3 is 20.1 Å². The molecule has 0 aliphatic rings. The summed E-state index contributed by atoms with van der Waals surface area (Å²) in [4.78, 5) is 11.6. The quantitative estimate of drug-likeness (QED) is 0.810. The molecule has 0 saturated heterocycles. The van der Waals surface area contributed by atoms with E-state index in [2.05, 4.69) is 10.6 Å². The summed E-state index contributed by atoms with van der Waals surface area (Å²) in [6.07, 6.45) is 0. The molecule has 0 radical (unpaired) electrons. The van der Waals surface area contributed by atoms with Crippen LogP contribution in [0.1, 0.15) is 6.92 Å². The molecule has 0 spiro atoms. The number of methoxy groups -OCH3 is 2. The lowest BCUT2D eigenvalue weighted by atomic mass is 10.2. The van der Waals surface area contributed by atoms with Gasteiger partial charge in [-0.1, -0.05) is 0 Å². The standard InChI is InChI=1S/C12H17ClN2O3/c1-8(7-13)14-12(16)15-9-4-5-10(17-2)11(6-9)18-3/h4-6,8H,7H2,1-3H3,(H2,14,15,16)/t8-/m0/s1. The topological polar surface area (TPSA) is 59.6 Å². The minimum absolute atomic E-state index is 0.0909. The zero-order chi connectivity index (χ0) is 13.5. The van der Waals surface area contributed by atoms with Crippen molar-refractivity contribution in [1.82, 2.24) is 5.32 Å². The van der Waals surface area contributed by atoms with Crippen LogP contribution in [-0.4, -0.2) is 32.2 Å². The van der Waals surface area contributed by atoms with E-state index in [0.717, 1.165) is 0 Å². The van der Waals surface area contributed by atoms with E-state index in [1.807, 2.05) is 6.92 Å². The van der Waals surface area contributed by atoms with Crippen molar-refractivity contribution in [2.24, 2.45) is 0 Å². The number of nitrogens with one attached hydrogen (secondary N) is 2. The molecule has 0 bridgehead atoms. The molecule has 0 aliphatic heterocycles. The number of hydrogen-bond acceptors (Lipinski definition) is 3. The Morgan fingerprint density at radius 1 is 1.33 bits per heavy atom. The third-order valence-electron chi connectivity index (χ3n) is 2.25. The molecule has 6 heteroatoms. The number of anilines is 1. The van der Waals surface area contributed by atoms with Crippen molar-refractivity contribution >= 4 is 23.3 Å². The maximum Gasteiger partial charge on any atom is 0.319 e. The highest BCUT2D eigenvalue weighted by molar-refractivity contribution is 6.18. The molecule has 2 N–H and O–H groups in total. The number of carbonyl (C=O) groups is 1. The maximum atomic E-state index is 11.6. The van der Waals surface area contributed by atoms with E-state index in [1.54, 1.807) is 25.3 Å². The monoisotopic (exact) mass is 272 g/mol. The van der Waals surface area contributed by atoms with Gasteiger partial charge in [0.1, 0.15) is 0 Å². The van der Waals surface area contributed by atoms with Gasteiger partial charge in [0.05, 0.1) is 14.2 Å². The van der Waals surface area contributed by atoms with Gasteiger partial charge in [0.15, 0.2) is 11.5 Å². The van der Waals surface area contributed by atoms with Crippen molar-refractivity contribution in [3.05, 3.63) is 18.2 Å². The van der Waals surface area contributed by atoms with E-state index in [4.69, 9.17) is 21.1 Å². The number of benzene rings is 1. The van der Waals surface area contributed by atoms with Gasteiger partial charge in [-0.2, -0.15) is 0 Å². The molecule has 0 aromatic heterocycles. The first kappa shape index (κ1) is 14.4. The Labute approximate surface area is 111 Å². The SMILES string of the molecule is COc1ccc(NC(=O)N[C@@H](C)CCl)cc1OC. The highest BCUT2D eigenvalue weighted by atomic mass is 35.5. The van der Waals surface area contributed by atoms with Gasteiger partial charge in [-0.15, -0.1) is 11.6 Å². The van der Waals surface area contributed by atoms with Crippen LogP contribution in [0.25, 0.3) is 0 Å². The van der Waals surface area contributed by atoms with Crippen LogP contribution >= 0.6 is 11.6 Å². The molecular formula is C12H17ClN2O3. The predicted octanol–water partition coefficient (Wildman–Crippen LogP) is 2.45. The van der Waals surface area contributed by atoms with Crippen molar-refractivity contribution in [2.75, 3.05) is 25.4 Å². The summed E-state index contributed by atoms with van der Waals surface area (Å²) >= 11 is 5.61. The Morgan fingerprint density at radius 2 is 2.00 bits per heavy atom.